The molecule has 1 heterocycles. The average Bonchev–Trinajstić information content (AvgIpc) is 2.22. The van der Waals surface area contributed by atoms with Crippen LogP contribution in [0.4, 0.5) is 14.6 Å². The molecule has 2 N–H and O–H groups in total. The van der Waals surface area contributed by atoms with Gasteiger partial charge < -0.3 is 5.73 Å². The van der Waals surface area contributed by atoms with E-state index in [0.29, 0.717) is 11.0 Å². The molecule has 0 fully saturated rings. The van der Waals surface area contributed by atoms with Crippen molar-refractivity contribution < 1.29 is 8.78 Å². The van der Waals surface area contributed by atoms with Crippen molar-refractivity contribution in [2.24, 2.45) is 0 Å². The van der Waals surface area contributed by atoms with Crippen LogP contribution < -0.4 is 5.73 Å². The summed E-state index contributed by atoms with van der Waals surface area (Å²) in [5.41, 5.74) is 5.46. The van der Waals surface area contributed by atoms with Crippen LogP contribution in [0.25, 0.3) is 0 Å². The highest BCUT2D eigenvalue weighted by atomic mass is 32.2. The first-order chi connectivity index (χ1) is 7.65. The number of nitrogen functional groups attached to an aromatic ring is 1. The van der Waals surface area contributed by atoms with Crippen LogP contribution in [0, 0.1) is 11.6 Å². The highest BCUT2D eigenvalue weighted by molar-refractivity contribution is 7.99. The second-order valence-electron chi connectivity index (χ2n) is 2.94. The van der Waals surface area contributed by atoms with Crippen LogP contribution in [0.2, 0.25) is 0 Å². The molecule has 0 aliphatic rings. The van der Waals surface area contributed by atoms with Crippen LogP contribution in [-0.4, -0.2) is 9.97 Å². The summed E-state index contributed by atoms with van der Waals surface area (Å²) in [7, 11) is 0. The van der Waals surface area contributed by atoms with Crippen LogP contribution in [0.5, 0.6) is 0 Å². The van der Waals surface area contributed by atoms with Crippen molar-refractivity contribution in [2.45, 2.75) is 10.1 Å². The van der Waals surface area contributed by atoms with E-state index in [1.165, 1.54) is 24.4 Å². The van der Waals surface area contributed by atoms with Gasteiger partial charge in [-0.25, -0.2) is 18.7 Å². The Kier molecular flexibility index (Phi) is 3.00. The molecule has 2 rings (SSSR count). The monoisotopic (exact) mass is 239 g/mol. The number of aromatic nitrogens is 2. The number of nitrogens with two attached hydrogens (primary N) is 1. The summed E-state index contributed by atoms with van der Waals surface area (Å²) in [5, 5.41) is 0.325. The summed E-state index contributed by atoms with van der Waals surface area (Å²) in [5.74, 6) is -0.952. The maximum absolute atomic E-state index is 13.3. The summed E-state index contributed by atoms with van der Waals surface area (Å²) in [6, 6.07) is 4.86. The topological polar surface area (TPSA) is 51.8 Å². The molecule has 6 heteroatoms. The minimum Gasteiger partial charge on any atom is -0.384 e. The van der Waals surface area contributed by atoms with Gasteiger partial charge in [-0.2, -0.15) is 0 Å². The number of benzene rings is 1. The molecule has 0 unspecified atom stereocenters. The zero-order chi connectivity index (χ0) is 11.5. The largest absolute Gasteiger partial charge is 0.384 e. The van der Waals surface area contributed by atoms with Gasteiger partial charge in [0.15, 0.2) is 5.16 Å². The van der Waals surface area contributed by atoms with E-state index in [9.17, 15) is 8.78 Å². The summed E-state index contributed by atoms with van der Waals surface area (Å²) < 4.78 is 25.9. The third-order valence-electron chi connectivity index (χ3n) is 1.75. The number of nitrogens with zero attached hydrogens (tertiary/aromatic N) is 2. The van der Waals surface area contributed by atoms with E-state index in [2.05, 4.69) is 9.97 Å². The summed E-state index contributed by atoms with van der Waals surface area (Å²) in [6.07, 6.45) is 1.48. The molecule has 0 spiro atoms. The Bertz CT molecular complexity index is 519. The average molecular weight is 239 g/mol. The zero-order valence-electron chi connectivity index (χ0n) is 8.02. The summed E-state index contributed by atoms with van der Waals surface area (Å²) in [6.45, 7) is 0. The lowest BCUT2D eigenvalue weighted by molar-refractivity contribution is 0.565. The van der Waals surface area contributed by atoms with Crippen LogP contribution in [-0.2, 0) is 0 Å². The standard InChI is InChI=1S/C10H7F2N3S/c11-6-1-2-8(7(12)5-6)16-10-14-4-3-9(13)15-10/h1-5H,(H2,13,14,15). The van der Waals surface area contributed by atoms with Gasteiger partial charge in [-0.05, 0) is 30.0 Å². The van der Waals surface area contributed by atoms with Crippen molar-refractivity contribution in [3.05, 3.63) is 42.1 Å². The predicted octanol–water partition coefficient (Wildman–Crippen LogP) is 2.49. The van der Waals surface area contributed by atoms with E-state index in [4.69, 9.17) is 5.73 Å². The fourth-order valence-electron chi connectivity index (χ4n) is 1.06. The zero-order valence-corrected chi connectivity index (χ0v) is 8.84. The van der Waals surface area contributed by atoms with Gasteiger partial charge in [0, 0.05) is 12.3 Å². The van der Waals surface area contributed by atoms with Gasteiger partial charge >= 0.3 is 0 Å². The van der Waals surface area contributed by atoms with Crippen molar-refractivity contribution >= 4 is 17.6 Å². The highest BCUT2D eigenvalue weighted by Crippen LogP contribution is 2.27. The Balaban J connectivity index is 2.27. The van der Waals surface area contributed by atoms with Gasteiger partial charge in [-0.3, -0.25) is 0 Å². The molecule has 0 radical (unpaired) electrons. The minimum atomic E-state index is -0.643. The molecule has 1 aromatic carbocycles. The summed E-state index contributed by atoms with van der Waals surface area (Å²) >= 11 is 0.993. The molecule has 0 atom stereocenters. The molecule has 2 aromatic rings. The molecule has 3 nitrogen and oxygen atoms in total. The first-order valence-corrected chi connectivity index (χ1v) is 5.18. The smallest absolute Gasteiger partial charge is 0.194 e. The molecule has 82 valence electrons. The van der Waals surface area contributed by atoms with Crippen LogP contribution >= 0.6 is 11.8 Å². The van der Waals surface area contributed by atoms with Crippen molar-refractivity contribution in [1.82, 2.24) is 9.97 Å². The van der Waals surface area contributed by atoms with Crippen LogP contribution in [0.1, 0.15) is 0 Å². The predicted molar refractivity (Wildman–Crippen MR) is 56.9 cm³/mol. The van der Waals surface area contributed by atoms with Crippen molar-refractivity contribution in [3.8, 4) is 0 Å². The van der Waals surface area contributed by atoms with Gasteiger partial charge in [0.05, 0.1) is 4.90 Å². The van der Waals surface area contributed by atoms with Crippen LogP contribution in [0.3, 0.4) is 0 Å². The Morgan fingerprint density at radius 3 is 2.69 bits per heavy atom. The lowest BCUT2D eigenvalue weighted by Gasteiger charge is -2.02. The fraction of sp³-hybridized carbons (Fsp3) is 0. The van der Waals surface area contributed by atoms with E-state index in [0.717, 1.165) is 17.8 Å². The molecule has 0 bridgehead atoms. The highest BCUT2D eigenvalue weighted by Gasteiger charge is 2.07. The van der Waals surface area contributed by atoms with E-state index in [-0.39, 0.29) is 4.90 Å². The van der Waals surface area contributed by atoms with Gasteiger partial charge in [0.2, 0.25) is 0 Å². The van der Waals surface area contributed by atoms with Crippen molar-refractivity contribution in [3.63, 3.8) is 0 Å². The maximum atomic E-state index is 13.3. The van der Waals surface area contributed by atoms with Crippen molar-refractivity contribution in [2.75, 3.05) is 5.73 Å². The normalized spacial score (nSPS) is 10.4. The molecule has 0 aliphatic carbocycles. The van der Waals surface area contributed by atoms with Gasteiger partial charge in [0.1, 0.15) is 17.5 Å². The molecule has 0 aliphatic heterocycles. The molecule has 16 heavy (non-hydrogen) atoms. The van der Waals surface area contributed by atoms with Gasteiger partial charge in [-0.15, -0.1) is 0 Å². The Morgan fingerprint density at radius 1 is 1.19 bits per heavy atom. The quantitative estimate of drug-likeness (QED) is 0.818. The second-order valence-corrected chi connectivity index (χ2v) is 3.95. The van der Waals surface area contributed by atoms with E-state index >= 15 is 0 Å². The lowest BCUT2D eigenvalue weighted by atomic mass is 10.3. The number of rotatable bonds is 2. The minimum absolute atomic E-state index is 0.256. The lowest BCUT2D eigenvalue weighted by Crippen LogP contribution is -1.93. The van der Waals surface area contributed by atoms with E-state index in [1.807, 2.05) is 0 Å². The first kappa shape index (κ1) is 10.8. The van der Waals surface area contributed by atoms with Gasteiger partial charge in [-0.1, -0.05) is 0 Å². The molecule has 0 amide bonds. The third-order valence-corrected chi connectivity index (χ3v) is 2.68. The molecular weight excluding hydrogens is 232 g/mol. The third kappa shape index (κ3) is 2.46. The Morgan fingerprint density at radius 2 is 2.00 bits per heavy atom. The second kappa shape index (κ2) is 4.44. The van der Waals surface area contributed by atoms with E-state index in [1.54, 1.807) is 0 Å². The summed E-state index contributed by atoms with van der Waals surface area (Å²) in [4.78, 5) is 8.07. The number of hydrogen-bond acceptors (Lipinski definition) is 4. The molecule has 0 saturated carbocycles. The van der Waals surface area contributed by atoms with Crippen LogP contribution in [0.15, 0.2) is 40.5 Å². The Labute approximate surface area is 94.7 Å². The molecule has 1 aromatic heterocycles. The van der Waals surface area contributed by atoms with Gasteiger partial charge in [0.25, 0.3) is 0 Å². The number of hydrogen-bond donors (Lipinski definition) is 1. The molecular formula is C10H7F2N3S. The maximum Gasteiger partial charge on any atom is 0.194 e. The first-order valence-electron chi connectivity index (χ1n) is 4.36. The number of anilines is 1. The van der Waals surface area contributed by atoms with E-state index < -0.39 is 11.6 Å². The molecule has 0 saturated heterocycles. The fourth-order valence-corrected chi connectivity index (χ4v) is 1.81. The number of halogens is 2. The van der Waals surface area contributed by atoms with Crippen molar-refractivity contribution in [1.29, 1.82) is 0 Å². The Hall–Kier alpha value is -1.69. The SMILES string of the molecule is Nc1ccnc(Sc2ccc(F)cc2F)n1.